The summed E-state index contributed by atoms with van der Waals surface area (Å²) in [6.45, 7) is 0. The van der Waals surface area contributed by atoms with Gasteiger partial charge in [-0.2, -0.15) is 0 Å². The van der Waals surface area contributed by atoms with E-state index in [4.69, 9.17) is 5.73 Å². The topological polar surface area (TPSA) is 51.8 Å². The highest BCUT2D eigenvalue weighted by atomic mass is 14.9. The largest absolute Gasteiger partial charge is 0.384 e. The molecule has 76 valence electrons. The summed E-state index contributed by atoms with van der Waals surface area (Å²) in [7, 11) is 0. The summed E-state index contributed by atoms with van der Waals surface area (Å²) in [5.41, 5.74) is 5.65. The molecule has 1 heterocycles. The number of rotatable bonds is 1. The van der Waals surface area contributed by atoms with Crippen LogP contribution in [0.2, 0.25) is 0 Å². The molecule has 0 radical (unpaired) electrons. The summed E-state index contributed by atoms with van der Waals surface area (Å²) in [6, 6.07) is 1.75. The van der Waals surface area contributed by atoms with Crippen LogP contribution in [0.25, 0.3) is 0 Å². The van der Waals surface area contributed by atoms with Crippen LogP contribution in [-0.2, 0) is 0 Å². The monoisotopic (exact) mass is 191 g/mol. The molecule has 1 aromatic heterocycles. The second-order valence-electron chi connectivity index (χ2n) is 4.03. The minimum Gasteiger partial charge on any atom is -0.384 e. The van der Waals surface area contributed by atoms with Crippen LogP contribution in [0.3, 0.4) is 0 Å². The Labute approximate surface area is 84.8 Å². The van der Waals surface area contributed by atoms with E-state index in [1.54, 1.807) is 12.3 Å². The van der Waals surface area contributed by atoms with Gasteiger partial charge in [0.15, 0.2) is 0 Å². The number of anilines is 1. The first-order valence-electron chi connectivity index (χ1n) is 5.44. The maximum Gasteiger partial charge on any atom is 0.133 e. The summed E-state index contributed by atoms with van der Waals surface area (Å²) < 4.78 is 0. The molecular formula is C11H17N3. The SMILES string of the molecule is Nc1ccnc(C2CCCCCC2)n1. The molecule has 0 amide bonds. The molecule has 1 aliphatic rings. The third-order valence-electron chi connectivity index (χ3n) is 2.92. The molecule has 1 saturated carbocycles. The van der Waals surface area contributed by atoms with E-state index in [1.165, 1.54) is 38.5 Å². The quantitative estimate of drug-likeness (QED) is 0.694. The molecule has 0 saturated heterocycles. The Kier molecular flexibility index (Phi) is 2.96. The van der Waals surface area contributed by atoms with E-state index in [9.17, 15) is 0 Å². The fourth-order valence-electron chi connectivity index (χ4n) is 2.12. The van der Waals surface area contributed by atoms with Crippen molar-refractivity contribution >= 4 is 5.82 Å². The molecule has 3 nitrogen and oxygen atoms in total. The van der Waals surface area contributed by atoms with Gasteiger partial charge in [-0.3, -0.25) is 0 Å². The molecule has 14 heavy (non-hydrogen) atoms. The smallest absolute Gasteiger partial charge is 0.133 e. The molecule has 1 fully saturated rings. The average Bonchev–Trinajstić information content (AvgIpc) is 2.45. The van der Waals surface area contributed by atoms with E-state index in [-0.39, 0.29) is 0 Å². The molecule has 2 N–H and O–H groups in total. The Hall–Kier alpha value is -1.12. The molecule has 0 bridgehead atoms. The van der Waals surface area contributed by atoms with Gasteiger partial charge in [0.25, 0.3) is 0 Å². The molecule has 0 spiro atoms. The third-order valence-corrected chi connectivity index (χ3v) is 2.92. The van der Waals surface area contributed by atoms with Crippen molar-refractivity contribution in [2.45, 2.75) is 44.4 Å². The standard InChI is InChI=1S/C11H17N3/c12-10-7-8-13-11(14-10)9-5-3-1-2-4-6-9/h7-9H,1-6H2,(H2,12,13,14). The summed E-state index contributed by atoms with van der Waals surface area (Å²) >= 11 is 0. The molecule has 2 rings (SSSR count). The van der Waals surface area contributed by atoms with Crippen LogP contribution in [0.5, 0.6) is 0 Å². The molecular weight excluding hydrogens is 174 g/mol. The summed E-state index contributed by atoms with van der Waals surface area (Å²) in [5, 5.41) is 0. The Morgan fingerprint density at radius 1 is 1.14 bits per heavy atom. The van der Waals surface area contributed by atoms with E-state index >= 15 is 0 Å². The number of aromatic nitrogens is 2. The first-order chi connectivity index (χ1) is 6.86. The highest BCUT2D eigenvalue weighted by Gasteiger charge is 2.16. The van der Waals surface area contributed by atoms with Crippen molar-refractivity contribution < 1.29 is 0 Å². The minimum atomic E-state index is 0.543. The van der Waals surface area contributed by atoms with E-state index in [2.05, 4.69) is 9.97 Å². The fraction of sp³-hybridized carbons (Fsp3) is 0.636. The van der Waals surface area contributed by atoms with Gasteiger partial charge in [0.05, 0.1) is 0 Å². The second-order valence-corrected chi connectivity index (χ2v) is 4.03. The molecule has 1 aliphatic carbocycles. The second kappa shape index (κ2) is 4.40. The van der Waals surface area contributed by atoms with Crippen molar-refractivity contribution in [3.8, 4) is 0 Å². The highest BCUT2D eigenvalue weighted by Crippen LogP contribution is 2.29. The van der Waals surface area contributed by atoms with E-state index in [1.807, 2.05) is 0 Å². The number of nitrogen functional groups attached to an aromatic ring is 1. The van der Waals surface area contributed by atoms with E-state index < -0.39 is 0 Å². The number of nitrogens with zero attached hydrogens (tertiary/aromatic N) is 2. The maximum absolute atomic E-state index is 5.65. The zero-order chi connectivity index (χ0) is 9.80. The summed E-state index contributed by atoms with van der Waals surface area (Å²) in [6.07, 6.45) is 9.55. The van der Waals surface area contributed by atoms with Crippen molar-refractivity contribution in [3.63, 3.8) is 0 Å². The van der Waals surface area contributed by atoms with Crippen molar-refractivity contribution in [2.75, 3.05) is 5.73 Å². The zero-order valence-electron chi connectivity index (χ0n) is 8.45. The lowest BCUT2D eigenvalue weighted by Crippen LogP contribution is -2.05. The Bertz CT molecular complexity index is 290. The van der Waals surface area contributed by atoms with Crippen molar-refractivity contribution in [2.24, 2.45) is 0 Å². The van der Waals surface area contributed by atoms with Crippen LogP contribution in [0, 0.1) is 0 Å². The third kappa shape index (κ3) is 2.22. The van der Waals surface area contributed by atoms with Crippen LogP contribution < -0.4 is 5.73 Å². The Morgan fingerprint density at radius 2 is 1.86 bits per heavy atom. The van der Waals surface area contributed by atoms with E-state index in [0.29, 0.717) is 11.7 Å². The minimum absolute atomic E-state index is 0.543. The van der Waals surface area contributed by atoms with Gasteiger partial charge in [-0.1, -0.05) is 25.7 Å². The molecule has 0 aromatic carbocycles. The van der Waals surface area contributed by atoms with Gasteiger partial charge in [0.1, 0.15) is 11.6 Å². The number of hydrogen-bond donors (Lipinski definition) is 1. The average molecular weight is 191 g/mol. The molecule has 3 heteroatoms. The predicted molar refractivity (Wildman–Crippen MR) is 56.9 cm³/mol. The van der Waals surface area contributed by atoms with Gasteiger partial charge in [-0.25, -0.2) is 9.97 Å². The maximum atomic E-state index is 5.65. The van der Waals surface area contributed by atoms with Gasteiger partial charge in [-0.15, -0.1) is 0 Å². The summed E-state index contributed by atoms with van der Waals surface area (Å²) in [5.74, 6) is 2.09. The number of nitrogens with two attached hydrogens (primary N) is 1. The van der Waals surface area contributed by atoms with Crippen molar-refractivity contribution in [1.82, 2.24) is 9.97 Å². The van der Waals surface area contributed by atoms with Crippen LogP contribution in [-0.4, -0.2) is 9.97 Å². The Balaban J connectivity index is 2.12. The Morgan fingerprint density at radius 3 is 2.50 bits per heavy atom. The van der Waals surface area contributed by atoms with Gasteiger partial charge < -0.3 is 5.73 Å². The van der Waals surface area contributed by atoms with Gasteiger partial charge in [0.2, 0.25) is 0 Å². The highest BCUT2D eigenvalue weighted by molar-refractivity contribution is 5.25. The van der Waals surface area contributed by atoms with Gasteiger partial charge >= 0.3 is 0 Å². The van der Waals surface area contributed by atoms with Crippen LogP contribution in [0.15, 0.2) is 12.3 Å². The summed E-state index contributed by atoms with van der Waals surface area (Å²) in [4.78, 5) is 8.62. The lowest BCUT2D eigenvalue weighted by Gasteiger charge is -2.11. The van der Waals surface area contributed by atoms with E-state index in [0.717, 1.165) is 5.82 Å². The van der Waals surface area contributed by atoms with Crippen molar-refractivity contribution in [3.05, 3.63) is 18.1 Å². The molecule has 0 aliphatic heterocycles. The fourth-order valence-corrected chi connectivity index (χ4v) is 2.12. The van der Waals surface area contributed by atoms with Crippen LogP contribution in [0.4, 0.5) is 5.82 Å². The van der Waals surface area contributed by atoms with Gasteiger partial charge in [-0.05, 0) is 18.9 Å². The normalized spacial score (nSPS) is 19.1. The first-order valence-corrected chi connectivity index (χ1v) is 5.44. The predicted octanol–water partition coefficient (Wildman–Crippen LogP) is 2.50. The van der Waals surface area contributed by atoms with Crippen LogP contribution >= 0.6 is 0 Å². The number of hydrogen-bond acceptors (Lipinski definition) is 3. The zero-order valence-corrected chi connectivity index (χ0v) is 8.45. The van der Waals surface area contributed by atoms with Crippen LogP contribution in [0.1, 0.15) is 50.3 Å². The van der Waals surface area contributed by atoms with Gasteiger partial charge in [0, 0.05) is 12.1 Å². The first kappa shape index (κ1) is 9.44. The lowest BCUT2D eigenvalue weighted by atomic mass is 9.99. The molecule has 0 unspecified atom stereocenters. The molecule has 1 aromatic rings. The lowest BCUT2D eigenvalue weighted by molar-refractivity contribution is 0.561. The molecule has 0 atom stereocenters. The van der Waals surface area contributed by atoms with Crippen molar-refractivity contribution in [1.29, 1.82) is 0 Å².